The van der Waals surface area contributed by atoms with Crippen molar-refractivity contribution in [3.63, 3.8) is 0 Å². The number of Topliss-reactive ketones (excluding diaryl/α,β-unsaturated/α-hetero) is 2. The van der Waals surface area contributed by atoms with Gasteiger partial charge in [0.1, 0.15) is 0 Å². The number of ketones is 2. The van der Waals surface area contributed by atoms with E-state index in [9.17, 15) is 14.4 Å². The molecule has 0 saturated heterocycles. The van der Waals surface area contributed by atoms with Crippen molar-refractivity contribution in [1.29, 1.82) is 0 Å². The van der Waals surface area contributed by atoms with Gasteiger partial charge in [0.25, 0.3) is 0 Å². The summed E-state index contributed by atoms with van der Waals surface area (Å²) in [5.41, 5.74) is 0.783. The molecule has 1 aliphatic carbocycles. The maximum Gasteiger partial charge on any atom is 0.304 e. The molecule has 0 aromatic carbocycles. The standard InChI is InChI=1S/C17H20O4/c1-7-17(6,21-13(5)18)9-8-14-12(4)15(19)10(2)11(3)16(14)20/h1H,8-9H2,2-6H3/t17-/m0/s1. The molecular formula is C17H20O4. The van der Waals surface area contributed by atoms with Gasteiger partial charge in [0.05, 0.1) is 0 Å². The average molecular weight is 288 g/mol. The van der Waals surface area contributed by atoms with Gasteiger partial charge >= 0.3 is 5.97 Å². The summed E-state index contributed by atoms with van der Waals surface area (Å²) in [4.78, 5) is 35.4. The molecule has 0 heterocycles. The molecule has 0 aromatic rings. The van der Waals surface area contributed by atoms with Crippen LogP contribution in [-0.4, -0.2) is 23.1 Å². The van der Waals surface area contributed by atoms with Crippen molar-refractivity contribution in [2.24, 2.45) is 0 Å². The Bertz CT molecular complexity index is 613. The summed E-state index contributed by atoms with van der Waals surface area (Å²) in [6, 6.07) is 0. The van der Waals surface area contributed by atoms with Gasteiger partial charge < -0.3 is 4.74 Å². The largest absolute Gasteiger partial charge is 0.446 e. The van der Waals surface area contributed by atoms with E-state index in [1.807, 2.05) is 0 Å². The Labute approximate surface area is 125 Å². The lowest BCUT2D eigenvalue weighted by Crippen LogP contribution is -2.30. The number of carbonyl (C=O) groups excluding carboxylic acids is 3. The number of ether oxygens (including phenoxy) is 1. The summed E-state index contributed by atoms with van der Waals surface area (Å²) in [6.45, 7) is 7.85. The van der Waals surface area contributed by atoms with E-state index in [0.29, 0.717) is 35.1 Å². The quantitative estimate of drug-likeness (QED) is 0.453. The molecule has 0 aliphatic heterocycles. The molecule has 0 spiro atoms. The topological polar surface area (TPSA) is 60.4 Å². The van der Waals surface area contributed by atoms with Crippen molar-refractivity contribution in [1.82, 2.24) is 0 Å². The predicted molar refractivity (Wildman–Crippen MR) is 79.3 cm³/mol. The lowest BCUT2D eigenvalue weighted by Gasteiger charge is -2.25. The molecule has 1 atom stereocenters. The summed E-state index contributed by atoms with van der Waals surface area (Å²) in [6.07, 6.45) is 6.01. The molecule has 0 amide bonds. The molecule has 4 nitrogen and oxygen atoms in total. The van der Waals surface area contributed by atoms with Crippen LogP contribution in [0.15, 0.2) is 22.3 Å². The Morgan fingerprint density at radius 2 is 1.67 bits per heavy atom. The summed E-state index contributed by atoms with van der Waals surface area (Å²) in [7, 11) is 0. The molecule has 0 fully saturated rings. The van der Waals surface area contributed by atoms with E-state index >= 15 is 0 Å². The van der Waals surface area contributed by atoms with Gasteiger partial charge in [-0.25, -0.2) is 0 Å². The minimum atomic E-state index is -1.08. The first kappa shape index (κ1) is 16.9. The van der Waals surface area contributed by atoms with E-state index in [1.54, 1.807) is 27.7 Å². The average Bonchev–Trinajstić information content (AvgIpc) is 2.42. The van der Waals surface area contributed by atoms with Crippen LogP contribution in [-0.2, 0) is 19.1 Å². The summed E-state index contributed by atoms with van der Waals surface area (Å²) in [5, 5.41) is 0. The van der Waals surface area contributed by atoms with Gasteiger partial charge in [0, 0.05) is 35.6 Å². The highest BCUT2D eigenvalue weighted by Gasteiger charge is 2.31. The Morgan fingerprint density at radius 1 is 1.14 bits per heavy atom. The van der Waals surface area contributed by atoms with Crippen molar-refractivity contribution in [3.05, 3.63) is 22.3 Å². The van der Waals surface area contributed by atoms with Crippen molar-refractivity contribution in [2.75, 3.05) is 0 Å². The van der Waals surface area contributed by atoms with Crippen LogP contribution in [0.4, 0.5) is 0 Å². The lowest BCUT2D eigenvalue weighted by atomic mass is 9.82. The predicted octanol–water partition coefficient (Wildman–Crippen LogP) is 2.53. The normalized spacial score (nSPS) is 18.5. The number of terminal acetylenes is 1. The third-order valence-electron chi connectivity index (χ3n) is 3.84. The SMILES string of the molecule is C#C[C@@](C)(CCC1=C(C)C(=O)C(C)=C(C)C1=O)OC(C)=O. The number of allylic oxidation sites excluding steroid dienone is 4. The highest BCUT2D eigenvalue weighted by Crippen LogP contribution is 2.29. The first-order chi connectivity index (χ1) is 9.63. The fourth-order valence-corrected chi connectivity index (χ4v) is 2.29. The Hall–Kier alpha value is -2.15. The maximum atomic E-state index is 12.3. The van der Waals surface area contributed by atoms with Gasteiger partial charge in [0.2, 0.25) is 0 Å². The second-order valence-electron chi connectivity index (χ2n) is 5.48. The molecule has 0 radical (unpaired) electrons. The Balaban J connectivity index is 2.98. The zero-order valence-electron chi connectivity index (χ0n) is 13.1. The van der Waals surface area contributed by atoms with Gasteiger partial charge in [-0.05, 0) is 34.1 Å². The fourth-order valence-electron chi connectivity index (χ4n) is 2.29. The smallest absolute Gasteiger partial charge is 0.304 e. The molecule has 4 heteroatoms. The van der Waals surface area contributed by atoms with Crippen LogP contribution < -0.4 is 0 Å². The minimum Gasteiger partial charge on any atom is -0.446 e. The Morgan fingerprint density at radius 3 is 2.14 bits per heavy atom. The van der Waals surface area contributed by atoms with E-state index in [1.165, 1.54) is 6.92 Å². The van der Waals surface area contributed by atoms with Crippen LogP contribution in [0.25, 0.3) is 0 Å². The molecule has 112 valence electrons. The minimum absolute atomic E-state index is 0.114. The van der Waals surface area contributed by atoms with Gasteiger partial charge in [-0.3, -0.25) is 14.4 Å². The third-order valence-corrected chi connectivity index (χ3v) is 3.84. The van der Waals surface area contributed by atoms with E-state index < -0.39 is 11.6 Å². The first-order valence-electron chi connectivity index (χ1n) is 6.77. The molecule has 0 aromatic heterocycles. The number of esters is 1. The van der Waals surface area contributed by atoms with Crippen LogP contribution in [0, 0.1) is 12.3 Å². The van der Waals surface area contributed by atoms with Crippen molar-refractivity contribution in [3.8, 4) is 12.3 Å². The molecular weight excluding hydrogens is 268 g/mol. The molecule has 1 rings (SSSR count). The van der Waals surface area contributed by atoms with Gasteiger partial charge in [-0.15, -0.1) is 6.42 Å². The van der Waals surface area contributed by atoms with Crippen molar-refractivity contribution < 1.29 is 19.1 Å². The highest BCUT2D eigenvalue weighted by atomic mass is 16.6. The number of hydrogen-bond donors (Lipinski definition) is 0. The molecule has 0 N–H and O–H groups in total. The lowest BCUT2D eigenvalue weighted by molar-refractivity contribution is -0.150. The van der Waals surface area contributed by atoms with Crippen molar-refractivity contribution >= 4 is 17.5 Å². The molecule has 0 saturated carbocycles. The summed E-state index contributed by atoms with van der Waals surface area (Å²) >= 11 is 0. The van der Waals surface area contributed by atoms with Gasteiger partial charge in [0.15, 0.2) is 17.2 Å². The van der Waals surface area contributed by atoms with Crippen LogP contribution in [0.3, 0.4) is 0 Å². The number of rotatable bonds is 4. The molecule has 0 bridgehead atoms. The fraction of sp³-hybridized carbons (Fsp3) is 0.471. The van der Waals surface area contributed by atoms with Gasteiger partial charge in [-0.1, -0.05) is 5.92 Å². The third kappa shape index (κ3) is 3.49. The second kappa shape index (κ2) is 6.09. The second-order valence-corrected chi connectivity index (χ2v) is 5.48. The van der Waals surface area contributed by atoms with Crippen LogP contribution in [0.1, 0.15) is 47.5 Å². The monoisotopic (exact) mass is 288 g/mol. The van der Waals surface area contributed by atoms with E-state index in [4.69, 9.17) is 11.2 Å². The van der Waals surface area contributed by atoms with E-state index in [2.05, 4.69) is 5.92 Å². The highest BCUT2D eigenvalue weighted by molar-refractivity contribution is 6.24. The van der Waals surface area contributed by atoms with Crippen molar-refractivity contribution in [2.45, 2.75) is 53.1 Å². The number of hydrogen-bond acceptors (Lipinski definition) is 4. The van der Waals surface area contributed by atoms with Crippen LogP contribution in [0.5, 0.6) is 0 Å². The Kier molecular flexibility index (Phi) is 4.90. The molecule has 21 heavy (non-hydrogen) atoms. The summed E-state index contributed by atoms with van der Waals surface area (Å²) < 4.78 is 5.12. The zero-order valence-corrected chi connectivity index (χ0v) is 13.1. The maximum absolute atomic E-state index is 12.3. The van der Waals surface area contributed by atoms with Crippen LogP contribution in [0.2, 0.25) is 0 Å². The van der Waals surface area contributed by atoms with Gasteiger partial charge in [-0.2, -0.15) is 0 Å². The zero-order chi connectivity index (χ0) is 16.4. The first-order valence-corrected chi connectivity index (χ1v) is 6.77. The number of carbonyl (C=O) groups is 3. The van der Waals surface area contributed by atoms with E-state index in [-0.39, 0.29) is 11.6 Å². The molecule has 0 unspecified atom stereocenters. The summed E-state index contributed by atoms with van der Waals surface area (Å²) in [5.74, 6) is 1.72. The van der Waals surface area contributed by atoms with Crippen LogP contribution >= 0.6 is 0 Å². The molecule has 1 aliphatic rings. The van der Waals surface area contributed by atoms with E-state index in [0.717, 1.165) is 0 Å².